The molecule has 0 aliphatic carbocycles. The summed E-state index contributed by atoms with van der Waals surface area (Å²) in [4.78, 5) is 5.07. The van der Waals surface area contributed by atoms with Crippen LogP contribution in [0.1, 0.15) is 30.5 Å². The van der Waals surface area contributed by atoms with E-state index in [2.05, 4.69) is 4.98 Å². The van der Waals surface area contributed by atoms with E-state index in [0.29, 0.717) is 13.0 Å². The van der Waals surface area contributed by atoms with Crippen LogP contribution >= 0.6 is 0 Å². The summed E-state index contributed by atoms with van der Waals surface area (Å²) < 4.78 is 53.4. The Balaban J connectivity index is 1.38. The summed E-state index contributed by atoms with van der Waals surface area (Å²) in [5.41, 5.74) is 3.73. The average Bonchev–Trinajstić information content (AvgIpc) is 3.31. The van der Waals surface area contributed by atoms with Gasteiger partial charge in [0.1, 0.15) is 22.2 Å². The van der Waals surface area contributed by atoms with Gasteiger partial charge < -0.3 is 19.2 Å². The van der Waals surface area contributed by atoms with Gasteiger partial charge in [0.05, 0.1) is 11.5 Å². The van der Waals surface area contributed by atoms with E-state index in [9.17, 15) is 21.9 Å². The number of hydrogen-bond donors (Lipinski definition) is 3. The molecule has 0 bridgehead atoms. The van der Waals surface area contributed by atoms with Crippen molar-refractivity contribution in [2.24, 2.45) is 0 Å². The van der Waals surface area contributed by atoms with Gasteiger partial charge in [-0.15, -0.1) is 0 Å². The fourth-order valence-electron chi connectivity index (χ4n) is 4.58. The minimum atomic E-state index is -3.91. The van der Waals surface area contributed by atoms with Gasteiger partial charge in [-0.1, -0.05) is 56.3 Å². The van der Waals surface area contributed by atoms with Gasteiger partial charge in [-0.25, -0.2) is 8.42 Å². The first-order chi connectivity index (χ1) is 18.5. The van der Waals surface area contributed by atoms with Crippen LogP contribution in [0.4, 0.5) is 0 Å². The topological polar surface area (TPSA) is 117 Å². The maximum Gasteiger partial charge on any atom is 0.310 e. The number of H-pyrrole nitrogens is 1. The summed E-state index contributed by atoms with van der Waals surface area (Å²) in [5.74, 6) is 0.106. The maximum atomic E-state index is 12.8. The van der Waals surface area contributed by atoms with E-state index in [-0.39, 0.29) is 41.5 Å². The van der Waals surface area contributed by atoms with Crippen molar-refractivity contribution in [1.29, 1.82) is 0 Å². The molecule has 0 saturated heterocycles. The molecule has 0 fully saturated rings. The van der Waals surface area contributed by atoms with Gasteiger partial charge in [0, 0.05) is 42.1 Å². The standard InChI is InChI=1S/C29H34N2O6S2/c1-29(2,23-7-11-25(32)12-8-23)24-9-13-26(14-10-24)37-39(35,36)20-18-31(17-19-38(33)34)16-15-22-21-30-28-6-4-3-5-27(22)28/h3-14,21,30,32,38H,15-20H2,1-2H3. The van der Waals surface area contributed by atoms with Crippen molar-refractivity contribution >= 4 is 31.7 Å². The largest absolute Gasteiger partial charge is 0.508 e. The van der Waals surface area contributed by atoms with E-state index in [1.807, 2.05) is 73.5 Å². The minimum Gasteiger partial charge on any atom is -0.508 e. The molecular weight excluding hydrogens is 536 g/mol. The van der Waals surface area contributed by atoms with Crippen molar-refractivity contribution in [3.05, 3.63) is 95.7 Å². The molecule has 0 spiro atoms. The monoisotopic (exact) mass is 570 g/mol. The number of para-hydroxylation sites is 1. The molecule has 0 radical (unpaired) electrons. The van der Waals surface area contributed by atoms with Crippen LogP contribution in [0.25, 0.3) is 10.9 Å². The second-order valence-corrected chi connectivity index (χ2v) is 12.9. The highest BCUT2D eigenvalue weighted by Crippen LogP contribution is 2.33. The Morgan fingerprint density at radius 3 is 2.21 bits per heavy atom. The number of aromatic nitrogens is 1. The van der Waals surface area contributed by atoms with E-state index in [1.54, 1.807) is 24.3 Å². The number of thiol groups is 1. The number of nitrogens with zero attached hydrogens (tertiary/aromatic N) is 1. The van der Waals surface area contributed by atoms with Crippen LogP contribution in [0.2, 0.25) is 0 Å². The summed E-state index contributed by atoms with van der Waals surface area (Å²) in [6, 6.07) is 21.8. The summed E-state index contributed by atoms with van der Waals surface area (Å²) in [7, 11) is -6.47. The Morgan fingerprint density at radius 1 is 0.897 bits per heavy atom. The number of phenols is 1. The van der Waals surface area contributed by atoms with Gasteiger partial charge in [0.25, 0.3) is 0 Å². The molecule has 1 aromatic heterocycles. The van der Waals surface area contributed by atoms with Crippen LogP contribution in [-0.4, -0.2) is 63.0 Å². The first-order valence-electron chi connectivity index (χ1n) is 12.7. The van der Waals surface area contributed by atoms with Gasteiger partial charge in [-0.3, -0.25) is 0 Å². The van der Waals surface area contributed by atoms with Crippen molar-refractivity contribution < 1.29 is 26.1 Å². The number of nitrogens with one attached hydrogen (secondary N) is 1. The first kappa shape index (κ1) is 28.7. The van der Waals surface area contributed by atoms with Crippen molar-refractivity contribution in [3.8, 4) is 11.5 Å². The highest BCUT2D eigenvalue weighted by molar-refractivity contribution is 7.87. The molecule has 0 amide bonds. The van der Waals surface area contributed by atoms with E-state index < -0.39 is 20.8 Å². The van der Waals surface area contributed by atoms with E-state index >= 15 is 0 Å². The molecule has 4 aromatic rings. The Morgan fingerprint density at radius 2 is 1.54 bits per heavy atom. The predicted octanol–water partition coefficient (Wildman–Crippen LogP) is 4.06. The zero-order valence-electron chi connectivity index (χ0n) is 22.0. The number of fused-ring (bicyclic) bond motifs is 1. The molecule has 0 atom stereocenters. The summed E-state index contributed by atoms with van der Waals surface area (Å²) in [5, 5.41) is 10.7. The molecule has 0 unspecified atom stereocenters. The lowest BCUT2D eigenvalue weighted by Crippen LogP contribution is -2.34. The molecule has 10 heteroatoms. The average molecular weight is 571 g/mol. The minimum absolute atomic E-state index is 0.0393. The predicted molar refractivity (Wildman–Crippen MR) is 155 cm³/mol. The Kier molecular flexibility index (Phi) is 8.99. The molecule has 39 heavy (non-hydrogen) atoms. The number of hydrogen-bond acceptors (Lipinski definition) is 7. The van der Waals surface area contributed by atoms with Crippen LogP contribution < -0.4 is 4.18 Å². The first-order valence-corrected chi connectivity index (χ1v) is 15.7. The van der Waals surface area contributed by atoms with Gasteiger partial charge in [0.2, 0.25) is 0 Å². The zero-order chi connectivity index (χ0) is 28.0. The number of rotatable bonds is 13. The molecule has 0 aliphatic rings. The normalized spacial score (nSPS) is 12.4. The third-order valence-corrected chi connectivity index (χ3v) is 8.71. The highest BCUT2D eigenvalue weighted by Gasteiger charge is 2.24. The lowest BCUT2D eigenvalue weighted by molar-refractivity contribution is 0.307. The van der Waals surface area contributed by atoms with E-state index in [4.69, 9.17) is 4.18 Å². The van der Waals surface area contributed by atoms with Crippen LogP contribution in [0.3, 0.4) is 0 Å². The van der Waals surface area contributed by atoms with E-state index in [0.717, 1.165) is 27.6 Å². The second kappa shape index (κ2) is 12.2. The van der Waals surface area contributed by atoms with Crippen molar-refractivity contribution in [1.82, 2.24) is 9.88 Å². The van der Waals surface area contributed by atoms with Crippen LogP contribution in [-0.2, 0) is 32.7 Å². The number of benzene rings is 3. The summed E-state index contributed by atoms with van der Waals surface area (Å²) in [6.45, 7) is 5.01. The van der Waals surface area contributed by atoms with Gasteiger partial charge in [-0.2, -0.15) is 8.42 Å². The summed E-state index contributed by atoms with van der Waals surface area (Å²) >= 11 is 0. The SMILES string of the molecule is CC(C)(c1ccc(O)cc1)c1ccc(OS(=O)(=O)CCN(CCc2c[nH]c3ccccc23)CC[SH](=O)=O)cc1. The van der Waals surface area contributed by atoms with Gasteiger partial charge in [0.15, 0.2) is 0 Å². The van der Waals surface area contributed by atoms with Crippen molar-refractivity contribution in [3.63, 3.8) is 0 Å². The summed E-state index contributed by atoms with van der Waals surface area (Å²) in [6.07, 6.45) is 2.59. The van der Waals surface area contributed by atoms with Gasteiger partial charge in [-0.05, 0) is 53.4 Å². The zero-order valence-corrected chi connectivity index (χ0v) is 23.8. The molecule has 0 saturated carbocycles. The van der Waals surface area contributed by atoms with Crippen LogP contribution in [0.5, 0.6) is 11.5 Å². The van der Waals surface area contributed by atoms with Crippen molar-refractivity contribution in [2.75, 3.05) is 31.1 Å². The molecule has 2 N–H and O–H groups in total. The van der Waals surface area contributed by atoms with Gasteiger partial charge >= 0.3 is 10.1 Å². The number of phenolic OH excluding ortho intramolecular Hbond substituents is 1. The number of aromatic hydroxyl groups is 1. The Bertz CT molecular complexity index is 1570. The number of aromatic amines is 1. The molecule has 0 aliphatic heterocycles. The lowest BCUT2D eigenvalue weighted by atomic mass is 9.78. The molecule has 1 heterocycles. The Labute approximate surface area is 231 Å². The third kappa shape index (κ3) is 7.62. The quantitative estimate of drug-likeness (QED) is 0.164. The smallest absolute Gasteiger partial charge is 0.310 e. The van der Waals surface area contributed by atoms with Crippen molar-refractivity contribution in [2.45, 2.75) is 25.7 Å². The molecular formula is C29H34N2O6S2. The fourth-order valence-corrected chi connectivity index (χ4v) is 5.99. The fraction of sp³-hybridized carbons (Fsp3) is 0.310. The second-order valence-electron chi connectivity index (χ2n) is 10.0. The molecule has 8 nitrogen and oxygen atoms in total. The highest BCUT2D eigenvalue weighted by atomic mass is 32.2. The Hall–Kier alpha value is -3.34. The lowest BCUT2D eigenvalue weighted by Gasteiger charge is -2.26. The molecule has 208 valence electrons. The van der Waals surface area contributed by atoms with Crippen LogP contribution in [0, 0.1) is 0 Å². The molecule has 4 rings (SSSR count). The van der Waals surface area contributed by atoms with Crippen LogP contribution in [0.15, 0.2) is 79.0 Å². The molecule has 3 aromatic carbocycles. The van der Waals surface area contributed by atoms with E-state index in [1.165, 1.54) is 0 Å². The maximum absolute atomic E-state index is 12.8. The third-order valence-electron chi connectivity index (χ3n) is 7.02.